The average molecular weight is 312 g/mol. The molecule has 0 N–H and O–H groups in total. The summed E-state index contributed by atoms with van der Waals surface area (Å²) in [5, 5.41) is 0.526. The highest BCUT2D eigenvalue weighted by Crippen LogP contribution is 2.36. The zero-order chi connectivity index (χ0) is 16.2. The van der Waals surface area contributed by atoms with Crippen LogP contribution in [0.25, 0.3) is 0 Å². The fraction of sp³-hybridized carbons (Fsp3) is 0.588. The molecule has 0 heterocycles. The number of carbonyl (C=O) groups excluding carboxylic acids is 1. The monoisotopic (exact) mass is 311 g/mol. The largest absolute Gasteiger partial charge is 0.425 e. The van der Waals surface area contributed by atoms with Gasteiger partial charge in [0.05, 0.1) is 5.02 Å². The van der Waals surface area contributed by atoms with E-state index in [1.165, 1.54) is 0 Å². The van der Waals surface area contributed by atoms with Gasteiger partial charge in [0.15, 0.2) is 0 Å². The summed E-state index contributed by atoms with van der Waals surface area (Å²) in [6, 6.07) is 6.57. The number of nitrogens with zero attached hydrogens (tertiary/aromatic N) is 1. The second-order valence-electron chi connectivity index (χ2n) is 5.80. The number of ether oxygens (including phenoxy) is 1. The molecule has 0 radical (unpaired) electrons. The molecule has 0 fully saturated rings. The maximum atomic E-state index is 11.5. The van der Waals surface area contributed by atoms with E-state index in [9.17, 15) is 4.79 Å². The number of halogens is 1. The Labute approximate surface area is 133 Å². The van der Waals surface area contributed by atoms with Crippen LogP contribution in [-0.4, -0.2) is 23.0 Å². The Morgan fingerprint density at radius 2 is 1.76 bits per heavy atom. The summed E-state index contributed by atoms with van der Waals surface area (Å²) in [5.41, 5.74) is 0.987. The topological polar surface area (TPSA) is 29.5 Å². The van der Waals surface area contributed by atoms with Crippen molar-refractivity contribution in [3.05, 3.63) is 28.8 Å². The first-order valence-corrected chi connectivity index (χ1v) is 7.93. The molecule has 118 valence electrons. The summed E-state index contributed by atoms with van der Waals surface area (Å²) in [4.78, 5) is 13.9. The molecule has 0 bridgehead atoms. The van der Waals surface area contributed by atoms with Crippen molar-refractivity contribution in [2.75, 3.05) is 0 Å². The predicted octanol–water partition coefficient (Wildman–Crippen LogP) is 4.84. The van der Waals surface area contributed by atoms with Gasteiger partial charge < -0.3 is 4.74 Å². The van der Waals surface area contributed by atoms with Gasteiger partial charge in [0, 0.05) is 24.5 Å². The van der Waals surface area contributed by atoms with Crippen molar-refractivity contribution >= 4 is 17.6 Å². The molecule has 0 aromatic heterocycles. The van der Waals surface area contributed by atoms with Crippen LogP contribution in [0.5, 0.6) is 5.75 Å². The molecule has 21 heavy (non-hydrogen) atoms. The van der Waals surface area contributed by atoms with Gasteiger partial charge in [-0.25, -0.2) is 0 Å². The number of hydrogen-bond acceptors (Lipinski definition) is 3. The van der Waals surface area contributed by atoms with Crippen molar-refractivity contribution in [1.29, 1.82) is 0 Å². The summed E-state index contributed by atoms with van der Waals surface area (Å²) in [6.07, 6.45) is 0.334. The van der Waals surface area contributed by atoms with Gasteiger partial charge >= 0.3 is 5.97 Å². The van der Waals surface area contributed by atoms with Crippen LogP contribution in [0, 0.1) is 0 Å². The van der Waals surface area contributed by atoms with Crippen LogP contribution in [0.1, 0.15) is 59.6 Å². The number of rotatable bonds is 6. The molecule has 0 spiro atoms. The van der Waals surface area contributed by atoms with E-state index >= 15 is 0 Å². The number of hydrogen-bond donors (Lipinski definition) is 0. The second-order valence-corrected chi connectivity index (χ2v) is 6.18. The van der Waals surface area contributed by atoms with E-state index < -0.39 is 0 Å². The smallest absolute Gasteiger partial charge is 0.310 e. The molecule has 0 aliphatic carbocycles. The van der Waals surface area contributed by atoms with Crippen molar-refractivity contribution in [3.63, 3.8) is 0 Å². The fourth-order valence-electron chi connectivity index (χ4n) is 2.78. The third-order valence-corrected chi connectivity index (χ3v) is 4.00. The van der Waals surface area contributed by atoms with E-state index in [0.29, 0.717) is 29.3 Å². The fourth-order valence-corrected chi connectivity index (χ4v) is 3.10. The van der Waals surface area contributed by atoms with Crippen LogP contribution >= 0.6 is 11.6 Å². The molecule has 0 saturated heterocycles. The molecule has 0 saturated carbocycles. The van der Waals surface area contributed by atoms with E-state index in [1.807, 2.05) is 12.1 Å². The predicted molar refractivity (Wildman–Crippen MR) is 87.9 cm³/mol. The van der Waals surface area contributed by atoms with Gasteiger partial charge in [0.2, 0.25) is 0 Å². The Kier molecular flexibility index (Phi) is 6.69. The molecule has 0 amide bonds. The molecule has 0 aliphatic heterocycles. The van der Waals surface area contributed by atoms with Crippen LogP contribution in [0.4, 0.5) is 0 Å². The van der Waals surface area contributed by atoms with Crippen molar-refractivity contribution in [2.24, 2.45) is 0 Å². The van der Waals surface area contributed by atoms with E-state index in [-0.39, 0.29) is 12.0 Å². The number of carbonyl (C=O) groups is 1. The lowest BCUT2D eigenvalue weighted by atomic mass is 10.0. The zero-order valence-corrected chi connectivity index (χ0v) is 14.6. The SMILES string of the molecule is CCC(=O)Oc1cccc(C(C)N(C(C)C)C(C)C)c1Cl. The molecule has 1 atom stereocenters. The Morgan fingerprint density at radius 3 is 2.24 bits per heavy atom. The summed E-state index contributed by atoms with van der Waals surface area (Å²) in [7, 11) is 0. The minimum absolute atomic E-state index is 0.151. The normalized spacial score (nSPS) is 13.0. The Bertz CT molecular complexity index is 478. The Balaban J connectivity index is 3.12. The van der Waals surface area contributed by atoms with Crippen molar-refractivity contribution < 1.29 is 9.53 Å². The van der Waals surface area contributed by atoms with Crippen molar-refractivity contribution in [1.82, 2.24) is 4.90 Å². The molecule has 1 unspecified atom stereocenters. The Morgan fingerprint density at radius 1 is 1.19 bits per heavy atom. The first kappa shape index (κ1) is 18.0. The highest BCUT2D eigenvalue weighted by molar-refractivity contribution is 6.33. The van der Waals surface area contributed by atoms with Crippen LogP contribution in [0.15, 0.2) is 18.2 Å². The lowest BCUT2D eigenvalue weighted by molar-refractivity contribution is -0.134. The second kappa shape index (κ2) is 7.81. The molecular formula is C17H26ClNO2. The van der Waals surface area contributed by atoms with Crippen molar-refractivity contribution in [3.8, 4) is 5.75 Å². The van der Waals surface area contributed by atoms with Crippen LogP contribution in [0.3, 0.4) is 0 Å². The number of esters is 1. The van der Waals surface area contributed by atoms with Gasteiger partial charge in [-0.05, 0) is 46.2 Å². The highest BCUT2D eigenvalue weighted by Gasteiger charge is 2.24. The van der Waals surface area contributed by atoms with Crippen LogP contribution in [-0.2, 0) is 4.79 Å². The van der Waals surface area contributed by atoms with Crippen LogP contribution in [0.2, 0.25) is 5.02 Å². The van der Waals surface area contributed by atoms with Gasteiger partial charge in [0.25, 0.3) is 0 Å². The first-order valence-electron chi connectivity index (χ1n) is 7.56. The summed E-state index contributed by atoms with van der Waals surface area (Å²) >= 11 is 6.45. The summed E-state index contributed by atoms with van der Waals surface area (Å²) in [5.74, 6) is 0.173. The molecule has 0 aliphatic rings. The molecule has 1 aromatic carbocycles. The third-order valence-electron chi connectivity index (χ3n) is 3.60. The van der Waals surface area contributed by atoms with E-state index in [0.717, 1.165) is 5.56 Å². The quantitative estimate of drug-likeness (QED) is 0.556. The maximum Gasteiger partial charge on any atom is 0.310 e. The standard InChI is InChI=1S/C17H26ClNO2/c1-7-16(20)21-15-10-8-9-14(17(15)18)13(6)19(11(2)3)12(4)5/h8-13H,7H2,1-6H3. The maximum absolute atomic E-state index is 11.5. The van der Waals surface area contributed by atoms with Gasteiger partial charge in [-0.3, -0.25) is 9.69 Å². The lowest BCUT2D eigenvalue weighted by Gasteiger charge is -2.37. The minimum Gasteiger partial charge on any atom is -0.425 e. The Hall–Kier alpha value is -1.06. The molecule has 1 aromatic rings. The van der Waals surface area contributed by atoms with E-state index in [4.69, 9.17) is 16.3 Å². The summed E-state index contributed by atoms with van der Waals surface area (Å²) in [6.45, 7) is 12.6. The number of benzene rings is 1. The minimum atomic E-state index is -0.272. The van der Waals surface area contributed by atoms with E-state index in [1.54, 1.807) is 13.0 Å². The first-order chi connectivity index (χ1) is 9.79. The lowest BCUT2D eigenvalue weighted by Crippen LogP contribution is -2.39. The zero-order valence-electron chi connectivity index (χ0n) is 13.8. The molecule has 1 rings (SSSR count). The molecule has 4 heteroatoms. The van der Waals surface area contributed by atoms with Gasteiger partial charge in [0.1, 0.15) is 5.75 Å². The van der Waals surface area contributed by atoms with Gasteiger partial charge in [-0.15, -0.1) is 0 Å². The molecular weight excluding hydrogens is 286 g/mol. The van der Waals surface area contributed by atoms with Gasteiger partial charge in [-0.1, -0.05) is 30.7 Å². The molecule has 3 nitrogen and oxygen atoms in total. The summed E-state index contributed by atoms with van der Waals surface area (Å²) < 4.78 is 5.30. The third kappa shape index (κ3) is 4.45. The van der Waals surface area contributed by atoms with Gasteiger partial charge in [-0.2, -0.15) is 0 Å². The van der Waals surface area contributed by atoms with E-state index in [2.05, 4.69) is 39.5 Å². The van der Waals surface area contributed by atoms with Crippen LogP contribution < -0.4 is 4.74 Å². The average Bonchev–Trinajstić information content (AvgIpc) is 2.39. The highest BCUT2D eigenvalue weighted by atomic mass is 35.5. The van der Waals surface area contributed by atoms with Crippen molar-refractivity contribution in [2.45, 2.75) is 66.1 Å².